The first-order valence-electron chi connectivity index (χ1n) is 7.25. The first-order valence-corrected chi connectivity index (χ1v) is 7.25. The number of hydrogen-bond donors (Lipinski definition) is 2. The number of rotatable bonds is 1. The van der Waals surface area contributed by atoms with Gasteiger partial charge in [0.05, 0.1) is 24.2 Å². The van der Waals surface area contributed by atoms with Crippen molar-refractivity contribution < 1.29 is 29.3 Å². The molecule has 1 saturated carbocycles. The van der Waals surface area contributed by atoms with Crippen LogP contribution in [-0.2, 0) is 19.1 Å². The predicted molar refractivity (Wildman–Crippen MR) is 69.1 cm³/mol. The smallest absolute Gasteiger partial charge is 0.342 e. The number of ether oxygens (including phenoxy) is 2. The molecule has 6 nitrogen and oxygen atoms in total. The van der Waals surface area contributed by atoms with E-state index >= 15 is 0 Å². The normalized spacial score (nSPS) is 54.3. The Kier molecular flexibility index (Phi) is 2.28. The summed E-state index contributed by atoms with van der Waals surface area (Å²) in [6.45, 7) is 3.37. The molecular weight excluding hydrogens is 276 g/mol. The molecule has 4 aliphatic rings. The summed E-state index contributed by atoms with van der Waals surface area (Å²) in [5.41, 5.74) is -2.69. The molecule has 0 aromatic carbocycles. The minimum atomic E-state index is -1.78. The molecule has 21 heavy (non-hydrogen) atoms. The molecule has 2 N–H and O–H groups in total. The molecule has 2 bridgehead atoms. The van der Waals surface area contributed by atoms with E-state index in [0.29, 0.717) is 12.0 Å². The Labute approximate surface area is 121 Å². The second-order valence-electron chi connectivity index (χ2n) is 6.90. The van der Waals surface area contributed by atoms with Crippen LogP contribution in [0, 0.1) is 16.7 Å². The average molecular weight is 294 g/mol. The van der Waals surface area contributed by atoms with Gasteiger partial charge in [-0.15, -0.1) is 0 Å². The van der Waals surface area contributed by atoms with Gasteiger partial charge in [0.1, 0.15) is 6.61 Å². The first kappa shape index (κ1) is 13.4. The lowest BCUT2D eigenvalue weighted by Crippen LogP contribution is -2.62. The second-order valence-corrected chi connectivity index (χ2v) is 6.90. The zero-order chi connectivity index (χ0) is 15.2. The summed E-state index contributed by atoms with van der Waals surface area (Å²) >= 11 is 0. The van der Waals surface area contributed by atoms with E-state index in [-0.39, 0.29) is 24.9 Å². The van der Waals surface area contributed by atoms with Gasteiger partial charge in [-0.3, -0.25) is 4.79 Å². The van der Waals surface area contributed by atoms with Crippen molar-refractivity contribution in [1.29, 1.82) is 0 Å². The molecular formula is C15H18O6. The van der Waals surface area contributed by atoms with Crippen molar-refractivity contribution >= 4 is 11.8 Å². The van der Waals surface area contributed by atoms with Crippen molar-refractivity contribution in [2.75, 3.05) is 13.2 Å². The number of carbonyl (C=O) groups is 2. The minimum absolute atomic E-state index is 0.0356. The highest BCUT2D eigenvalue weighted by Gasteiger charge is 2.78. The fraction of sp³-hybridized carbons (Fsp3) is 0.733. The molecule has 3 fully saturated rings. The number of cyclic esters (lactones) is 1. The van der Waals surface area contributed by atoms with Gasteiger partial charge in [0.2, 0.25) is 5.60 Å². The van der Waals surface area contributed by atoms with E-state index in [4.69, 9.17) is 9.47 Å². The largest absolute Gasteiger partial charge is 0.462 e. The van der Waals surface area contributed by atoms with Crippen molar-refractivity contribution in [3.8, 4) is 0 Å². The van der Waals surface area contributed by atoms with Gasteiger partial charge < -0.3 is 19.7 Å². The van der Waals surface area contributed by atoms with Crippen LogP contribution in [0.5, 0.6) is 0 Å². The Morgan fingerprint density at radius 3 is 2.81 bits per heavy atom. The van der Waals surface area contributed by atoms with E-state index in [9.17, 15) is 19.8 Å². The fourth-order valence-electron chi connectivity index (χ4n) is 4.98. The van der Waals surface area contributed by atoms with Gasteiger partial charge in [0.15, 0.2) is 5.78 Å². The zero-order valence-electron chi connectivity index (χ0n) is 12.0. The highest BCUT2D eigenvalue weighted by molar-refractivity contribution is 5.98. The molecule has 2 saturated heterocycles. The van der Waals surface area contributed by atoms with Crippen LogP contribution in [0.3, 0.4) is 0 Å². The number of carbonyl (C=O) groups excluding carboxylic acids is 2. The molecule has 2 heterocycles. The quantitative estimate of drug-likeness (QED) is 0.638. The van der Waals surface area contributed by atoms with E-state index in [2.05, 4.69) is 0 Å². The Hall–Kier alpha value is -1.24. The topological polar surface area (TPSA) is 93.1 Å². The van der Waals surface area contributed by atoms with Crippen LogP contribution in [0.2, 0.25) is 0 Å². The standard InChI is InChI=1S/C15H18O6/c1-7-8(17)3-9-13(2)6-20-12(18)15(13,19)10-4-14(7,9)11(5-16)21-10/h3,7,10-11,16,19H,4-6H2,1-2H3/t7-,10+,11?,13-,14+,15+/m0/s1. The fourth-order valence-corrected chi connectivity index (χ4v) is 4.98. The van der Waals surface area contributed by atoms with Gasteiger partial charge in [-0.2, -0.15) is 0 Å². The third-order valence-electron chi connectivity index (χ3n) is 6.28. The third-order valence-corrected chi connectivity index (χ3v) is 6.28. The summed E-state index contributed by atoms with van der Waals surface area (Å²) in [6.07, 6.45) is 0.568. The monoisotopic (exact) mass is 294 g/mol. The van der Waals surface area contributed by atoms with Gasteiger partial charge >= 0.3 is 5.97 Å². The van der Waals surface area contributed by atoms with Crippen LogP contribution in [0.4, 0.5) is 0 Å². The van der Waals surface area contributed by atoms with E-state index in [1.165, 1.54) is 6.08 Å². The predicted octanol–water partition coefficient (Wildman–Crippen LogP) is -0.424. The molecule has 0 aromatic heterocycles. The molecule has 114 valence electrons. The molecule has 0 radical (unpaired) electrons. The number of fused-ring (bicyclic) bond motifs is 4. The van der Waals surface area contributed by atoms with Crippen LogP contribution < -0.4 is 0 Å². The van der Waals surface area contributed by atoms with Gasteiger partial charge in [-0.1, -0.05) is 6.92 Å². The van der Waals surface area contributed by atoms with Crippen molar-refractivity contribution in [1.82, 2.24) is 0 Å². The third kappa shape index (κ3) is 1.11. The van der Waals surface area contributed by atoms with Crippen molar-refractivity contribution in [3.63, 3.8) is 0 Å². The lowest BCUT2D eigenvalue weighted by atomic mass is 9.52. The number of esters is 1. The Morgan fingerprint density at radius 1 is 1.43 bits per heavy atom. The van der Waals surface area contributed by atoms with Crippen molar-refractivity contribution in [2.45, 2.75) is 38.1 Å². The number of aliphatic hydroxyl groups excluding tert-OH is 1. The maximum Gasteiger partial charge on any atom is 0.342 e. The summed E-state index contributed by atoms with van der Waals surface area (Å²) in [7, 11) is 0. The minimum Gasteiger partial charge on any atom is -0.462 e. The Bertz CT molecular complexity index is 597. The van der Waals surface area contributed by atoms with Gasteiger partial charge in [-0.05, 0) is 25.0 Å². The van der Waals surface area contributed by atoms with Crippen LogP contribution in [-0.4, -0.2) is 53.0 Å². The Morgan fingerprint density at radius 2 is 2.14 bits per heavy atom. The summed E-state index contributed by atoms with van der Waals surface area (Å²) in [4.78, 5) is 24.4. The molecule has 2 aliphatic carbocycles. The highest BCUT2D eigenvalue weighted by atomic mass is 16.6. The molecule has 1 unspecified atom stereocenters. The van der Waals surface area contributed by atoms with Crippen LogP contribution in [0.15, 0.2) is 11.6 Å². The molecule has 0 aromatic rings. The van der Waals surface area contributed by atoms with Gasteiger partial charge in [0, 0.05) is 11.3 Å². The summed E-state index contributed by atoms with van der Waals surface area (Å²) in [5.74, 6) is -1.07. The number of ketones is 1. The SMILES string of the molecule is C[C@H]1C(=O)C=C2[C@]3(C)COC(=O)[C@]3(O)[C@H]3C[C@]21C(CO)O3. The van der Waals surface area contributed by atoms with Gasteiger partial charge in [-0.25, -0.2) is 4.79 Å². The van der Waals surface area contributed by atoms with Crippen molar-refractivity contribution in [3.05, 3.63) is 11.6 Å². The van der Waals surface area contributed by atoms with E-state index in [0.717, 1.165) is 0 Å². The average Bonchev–Trinajstić information content (AvgIpc) is 3.03. The maximum absolute atomic E-state index is 12.3. The first-order chi connectivity index (χ1) is 9.82. The molecule has 6 heteroatoms. The maximum atomic E-state index is 12.3. The highest BCUT2D eigenvalue weighted by Crippen LogP contribution is 2.68. The zero-order valence-corrected chi connectivity index (χ0v) is 12.0. The Balaban J connectivity index is 1.99. The summed E-state index contributed by atoms with van der Waals surface area (Å²) in [5, 5.41) is 20.7. The molecule has 2 aliphatic heterocycles. The lowest BCUT2D eigenvalue weighted by molar-refractivity contribution is -0.175. The van der Waals surface area contributed by atoms with E-state index < -0.39 is 34.6 Å². The molecule has 0 amide bonds. The van der Waals surface area contributed by atoms with E-state index in [1.54, 1.807) is 6.92 Å². The number of hydrogen-bond acceptors (Lipinski definition) is 6. The van der Waals surface area contributed by atoms with E-state index in [1.807, 2.05) is 6.92 Å². The summed E-state index contributed by atoms with van der Waals surface area (Å²) < 4.78 is 10.9. The molecule has 6 atom stereocenters. The lowest BCUT2D eigenvalue weighted by Gasteiger charge is -2.49. The van der Waals surface area contributed by atoms with Crippen LogP contribution >= 0.6 is 0 Å². The molecule has 4 rings (SSSR count). The van der Waals surface area contributed by atoms with Crippen LogP contribution in [0.1, 0.15) is 20.3 Å². The summed E-state index contributed by atoms with van der Waals surface area (Å²) in [6, 6.07) is 0. The number of allylic oxidation sites excluding steroid dienone is 1. The van der Waals surface area contributed by atoms with Gasteiger partial charge in [0.25, 0.3) is 0 Å². The van der Waals surface area contributed by atoms with Crippen LogP contribution in [0.25, 0.3) is 0 Å². The van der Waals surface area contributed by atoms with Crippen molar-refractivity contribution in [2.24, 2.45) is 16.7 Å². The number of aliphatic hydroxyl groups is 2. The second kappa shape index (κ2) is 3.56. The molecule has 1 spiro atoms.